The lowest BCUT2D eigenvalue weighted by atomic mass is 10.1. The van der Waals surface area contributed by atoms with E-state index in [9.17, 15) is 14.3 Å². The molecule has 0 radical (unpaired) electrons. The van der Waals surface area contributed by atoms with Crippen LogP contribution in [0.25, 0.3) is 17.0 Å². The monoisotopic (exact) mass is 518 g/mol. The van der Waals surface area contributed by atoms with Crippen molar-refractivity contribution in [3.05, 3.63) is 82.0 Å². The van der Waals surface area contributed by atoms with E-state index in [1.807, 2.05) is 38.1 Å². The van der Waals surface area contributed by atoms with Gasteiger partial charge in [0.05, 0.1) is 17.6 Å². The van der Waals surface area contributed by atoms with Crippen molar-refractivity contribution in [1.29, 1.82) is 5.41 Å². The summed E-state index contributed by atoms with van der Waals surface area (Å²) in [5, 5.41) is 22.6. The minimum absolute atomic E-state index is 0.0347. The lowest BCUT2D eigenvalue weighted by molar-refractivity contribution is 0.333. The molecule has 0 spiro atoms. The first-order valence-electron chi connectivity index (χ1n) is 13.1. The van der Waals surface area contributed by atoms with E-state index in [0.29, 0.717) is 36.2 Å². The van der Waals surface area contributed by atoms with Gasteiger partial charge in [-0.2, -0.15) is 0 Å². The third-order valence-electron chi connectivity index (χ3n) is 7.12. The number of hydrogen-bond acceptors (Lipinski definition) is 7. The molecule has 1 aliphatic carbocycles. The second kappa shape index (κ2) is 12.1. The third-order valence-corrected chi connectivity index (χ3v) is 7.12. The summed E-state index contributed by atoms with van der Waals surface area (Å²) in [6.45, 7) is 4.71. The molecule has 1 fully saturated rings. The van der Waals surface area contributed by atoms with Gasteiger partial charge >= 0.3 is 0 Å². The number of aliphatic hydroxyl groups excluding tert-OH is 1. The third kappa shape index (κ3) is 6.34. The Morgan fingerprint density at radius 1 is 1.24 bits per heavy atom. The molecule has 200 valence electrons. The first kappa shape index (κ1) is 27.2. The predicted octanol–water partition coefficient (Wildman–Crippen LogP) is 5.20. The Morgan fingerprint density at radius 2 is 1.97 bits per heavy atom. The standard InChI is InChI=1S/C29H35FN6O2/c1-3-23(4-2)36-17-20(9-12-27(36)38)25-16-34-29(32)28(35-25)26(37)14-24(31)19-7-5-18(6-8-19)15-33-22-11-10-21(30)13-22/h5-9,12,14,16-17,21-23,31,33,37H,3-4,10-11,13,15H2,1-2H3,(H2,32,34)/b26-14-,31-24?/t21?,22-/m1/s1. The number of halogens is 1. The maximum atomic E-state index is 13.4. The van der Waals surface area contributed by atoms with Crippen molar-refractivity contribution in [3.63, 3.8) is 0 Å². The molecule has 4 rings (SSSR count). The van der Waals surface area contributed by atoms with E-state index in [1.165, 1.54) is 18.3 Å². The van der Waals surface area contributed by atoms with Crippen molar-refractivity contribution < 1.29 is 9.50 Å². The Kier molecular flexibility index (Phi) is 8.68. The summed E-state index contributed by atoms with van der Waals surface area (Å²) >= 11 is 0. The number of aromatic nitrogens is 3. The maximum Gasteiger partial charge on any atom is 0.250 e. The van der Waals surface area contributed by atoms with E-state index in [4.69, 9.17) is 11.1 Å². The van der Waals surface area contributed by atoms with Crippen molar-refractivity contribution in [2.45, 2.75) is 70.8 Å². The van der Waals surface area contributed by atoms with Gasteiger partial charge in [-0.3, -0.25) is 4.79 Å². The normalized spacial score (nSPS) is 17.7. The van der Waals surface area contributed by atoms with Crippen LogP contribution < -0.4 is 16.6 Å². The molecule has 9 heteroatoms. The highest BCUT2D eigenvalue weighted by molar-refractivity contribution is 6.09. The largest absolute Gasteiger partial charge is 0.505 e. The van der Waals surface area contributed by atoms with Gasteiger partial charge in [0.15, 0.2) is 5.82 Å². The summed E-state index contributed by atoms with van der Waals surface area (Å²) in [4.78, 5) is 21.1. The summed E-state index contributed by atoms with van der Waals surface area (Å²) in [5.41, 5.74) is 8.87. The molecule has 1 unspecified atom stereocenters. The summed E-state index contributed by atoms with van der Waals surface area (Å²) in [7, 11) is 0. The van der Waals surface area contributed by atoms with Crippen molar-refractivity contribution in [3.8, 4) is 11.3 Å². The number of alkyl halides is 1. The van der Waals surface area contributed by atoms with Gasteiger partial charge in [-0.05, 0) is 49.3 Å². The van der Waals surface area contributed by atoms with Gasteiger partial charge < -0.3 is 26.1 Å². The Morgan fingerprint density at radius 3 is 2.63 bits per heavy atom. The molecule has 1 aliphatic rings. The molecule has 2 atom stereocenters. The van der Waals surface area contributed by atoms with Gasteiger partial charge in [-0.25, -0.2) is 14.4 Å². The molecule has 0 amide bonds. The van der Waals surface area contributed by atoms with E-state index in [1.54, 1.807) is 16.8 Å². The molecular formula is C29H35FN6O2. The fourth-order valence-corrected chi connectivity index (χ4v) is 4.81. The molecule has 8 nitrogen and oxygen atoms in total. The molecule has 1 saturated carbocycles. The number of hydrogen-bond donors (Lipinski definition) is 4. The Balaban J connectivity index is 1.50. The molecule has 5 N–H and O–H groups in total. The van der Waals surface area contributed by atoms with Crippen molar-refractivity contribution in [2.75, 3.05) is 5.73 Å². The van der Waals surface area contributed by atoms with Gasteiger partial charge in [0, 0.05) is 42.5 Å². The van der Waals surface area contributed by atoms with Crippen molar-refractivity contribution in [2.24, 2.45) is 0 Å². The molecule has 2 heterocycles. The number of nitrogen functional groups attached to an aromatic ring is 1. The molecule has 2 aromatic heterocycles. The number of nitrogens with two attached hydrogens (primary N) is 1. The SMILES string of the molecule is CCC(CC)n1cc(-c2cnc(N)c(/C(O)=C/C(=N)c3ccc(CN[C@@H]4CCC(F)C4)cc3)n2)ccc1=O. The highest BCUT2D eigenvalue weighted by Crippen LogP contribution is 2.24. The number of benzene rings is 1. The second-order valence-corrected chi connectivity index (χ2v) is 9.75. The second-order valence-electron chi connectivity index (χ2n) is 9.75. The highest BCUT2D eigenvalue weighted by atomic mass is 19.1. The van der Waals surface area contributed by atoms with Gasteiger partial charge in [-0.15, -0.1) is 0 Å². The molecule has 0 aliphatic heterocycles. The first-order valence-corrected chi connectivity index (χ1v) is 13.1. The van der Waals surface area contributed by atoms with Crippen molar-refractivity contribution in [1.82, 2.24) is 19.9 Å². The summed E-state index contributed by atoms with van der Waals surface area (Å²) < 4.78 is 15.1. The van der Waals surface area contributed by atoms with Crippen LogP contribution in [0.3, 0.4) is 0 Å². The van der Waals surface area contributed by atoms with E-state index < -0.39 is 6.17 Å². The Bertz CT molecular complexity index is 1360. The van der Waals surface area contributed by atoms with E-state index in [-0.39, 0.29) is 40.6 Å². The summed E-state index contributed by atoms with van der Waals surface area (Å²) in [5.74, 6) is -0.240. The fourth-order valence-electron chi connectivity index (χ4n) is 4.81. The molecule has 1 aromatic carbocycles. The lowest BCUT2D eigenvalue weighted by Crippen LogP contribution is -2.26. The Hall–Kier alpha value is -3.85. The van der Waals surface area contributed by atoms with Gasteiger partial charge in [-0.1, -0.05) is 38.1 Å². The minimum atomic E-state index is -0.710. The number of allylic oxidation sites excluding steroid dienone is 1. The van der Waals surface area contributed by atoms with E-state index in [2.05, 4.69) is 15.3 Å². The summed E-state index contributed by atoms with van der Waals surface area (Å²) in [6, 6.07) is 10.9. The summed E-state index contributed by atoms with van der Waals surface area (Å²) in [6.07, 6.45) is 7.51. The number of pyridine rings is 1. The average Bonchev–Trinajstić information content (AvgIpc) is 3.34. The predicted molar refractivity (Wildman–Crippen MR) is 149 cm³/mol. The topological polar surface area (TPSA) is 130 Å². The molecule has 38 heavy (non-hydrogen) atoms. The van der Waals surface area contributed by atoms with Gasteiger partial charge in [0.1, 0.15) is 17.6 Å². The van der Waals surface area contributed by atoms with Crippen LogP contribution in [-0.4, -0.2) is 37.6 Å². The van der Waals surface area contributed by atoms with E-state index in [0.717, 1.165) is 24.8 Å². The van der Waals surface area contributed by atoms with Crippen molar-refractivity contribution >= 4 is 17.3 Å². The molecule has 0 saturated heterocycles. The number of nitrogens with zero attached hydrogens (tertiary/aromatic N) is 3. The Labute approximate surface area is 222 Å². The van der Waals surface area contributed by atoms with Gasteiger partial charge in [0.2, 0.25) is 0 Å². The number of anilines is 1. The first-order chi connectivity index (χ1) is 18.3. The average molecular weight is 519 g/mol. The zero-order chi connectivity index (χ0) is 27.2. The van der Waals surface area contributed by atoms with E-state index >= 15 is 0 Å². The molecule has 3 aromatic rings. The molecular weight excluding hydrogens is 483 g/mol. The maximum absolute atomic E-state index is 13.4. The quantitative estimate of drug-likeness (QED) is 0.216. The fraction of sp³-hybridized carbons (Fsp3) is 0.379. The van der Waals surface area contributed by atoms with Gasteiger partial charge in [0.25, 0.3) is 5.56 Å². The van der Waals surface area contributed by atoms with Crippen LogP contribution in [0.15, 0.2) is 59.7 Å². The van der Waals surface area contributed by atoms with Crippen LogP contribution in [0.2, 0.25) is 0 Å². The number of nitrogens with one attached hydrogen (secondary N) is 2. The van der Waals surface area contributed by atoms with Crippen LogP contribution >= 0.6 is 0 Å². The minimum Gasteiger partial charge on any atom is -0.505 e. The van der Waals surface area contributed by atoms with Crippen LogP contribution in [0.1, 0.15) is 68.8 Å². The van der Waals surface area contributed by atoms with Crippen LogP contribution in [0.5, 0.6) is 0 Å². The van der Waals surface area contributed by atoms with Crippen LogP contribution in [-0.2, 0) is 6.54 Å². The zero-order valence-electron chi connectivity index (χ0n) is 21.8. The highest BCUT2D eigenvalue weighted by Gasteiger charge is 2.23. The van der Waals surface area contributed by atoms with Crippen LogP contribution in [0, 0.1) is 5.41 Å². The van der Waals surface area contributed by atoms with Crippen LogP contribution in [0.4, 0.5) is 10.2 Å². The molecule has 0 bridgehead atoms. The number of aliphatic hydroxyl groups is 1. The smallest absolute Gasteiger partial charge is 0.250 e. The lowest BCUT2D eigenvalue weighted by Gasteiger charge is -2.17. The number of rotatable bonds is 10. The zero-order valence-corrected chi connectivity index (χ0v) is 21.8.